The maximum absolute atomic E-state index is 6.79. The molecule has 5 rings (SSSR count). The average Bonchev–Trinajstić information content (AvgIpc) is 2.72. The van der Waals surface area contributed by atoms with E-state index in [0.29, 0.717) is 5.92 Å². The molecule has 0 N–H and O–H groups in total. The number of ether oxygens (including phenoxy) is 1. The quantitative estimate of drug-likeness (QED) is 0.260. The van der Waals surface area contributed by atoms with Gasteiger partial charge in [-0.15, -0.1) is 0 Å². The Kier molecular flexibility index (Phi) is 5.04. The fourth-order valence-electron chi connectivity index (χ4n) is 5.59. The molecule has 0 saturated heterocycles. The lowest BCUT2D eigenvalue weighted by Gasteiger charge is -2.26. The van der Waals surface area contributed by atoms with Crippen LogP contribution in [0.25, 0.3) is 32.8 Å². The van der Waals surface area contributed by atoms with Crippen LogP contribution in [0.5, 0.6) is 11.5 Å². The number of aryl methyl sites for hydroxylation is 3. The molecule has 0 unspecified atom stereocenters. The molecule has 2 nitrogen and oxygen atoms in total. The maximum Gasteiger partial charge on any atom is 0.228 e. The van der Waals surface area contributed by atoms with Crippen molar-refractivity contribution in [2.24, 2.45) is 18.4 Å². The average molecular weight is 439 g/mol. The number of pyridine rings is 1. The van der Waals surface area contributed by atoms with Gasteiger partial charge in [-0.05, 0) is 76.9 Å². The van der Waals surface area contributed by atoms with Gasteiger partial charge in [-0.3, -0.25) is 0 Å². The summed E-state index contributed by atoms with van der Waals surface area (Å²) in [6.07, 6.45) is 4.32. The van der Waals surface area contributed by atoms with Crippen molar-refractivity contribution in [1.29, 1.82) is 0 Å². The summed E-state index contributed by atoms with van der Waals surface area (Å²) >= 11 is 0. The molecule has 0 saturated carbocycles. The van der Waals surface area contributed by atoms with Crippen LogP contribution in [0.3, 0.4) is 0 Å². The lowest BCUT2D eigenvalue weighted by atomic mass is 9.85. The first-order valence-electron chi connectivity index (χ1n) is 12.2. The van der Waals surface area contributed by atoms with E-state index in [1.165, 1.54) is 55.1 Å². The smallest absolute Gasteiger partial charge is 0.228 e. The van der Waals surface area contributed by atoms with Gasteiger partial charge in [-0.25, -0.2) is 4.57 Å². The molecule has 0 atom stereocenters. The molecule has 0 aliphatic carbocycles. The Hall–Kier alpha value is -2.87. The number of fused-ring (bicyclic) bond motifs is 3. The fourth-order valence-corrected chi connectivity index (χ4v) is 5.59. The molecule has 0 bridgehead atoms. The van der Waals surface area contributed by atoms with E-state index in [-0.39, 0.29) is 5.41 Å². The Morgan fingerprint density at radius 3 is 2.36 bits per heavy atom. The van der Waals surface area contributed by atoms with Gasteiger partial charge in [-0.1, -0.05) is 58.9 Å². The molecule has 1 aliphatic heterocycles. The third kappa shape index (κ3) is 3.70. The lowest BCUT2D eigenvalue weighted by molar-refractivity contribution is -0.659. The highest BCUT2D eigenvalue weighted by atomic mass is 16.5. The SMILES string of the molecule is Cc1c2c(c(C)c3ccc(CC(C)C)cc13)-c1c3c(cc(CC(C)(C)C)cc3cc[n+]1C)O2. The second-order valence-corrected chi connectivity index (χ2v) is 11.6. The largest absolute Gasteiger partial charge is 0.455 e. The van der Waals surface area contributed by atoms with Gasteiger partial charge >= 0.3 is 0 Å². The molecule has 0 spiro atoms. The lowest BCUT2D eigenvalue weighted by Crippen LogP contribution is -2.32. The van der Waals surface area contributed by atoms with Crippen molar-refractivity contribution in [2.75, 3.05) is 0 Å². The molecule has 1 aliphatic rings. The number of nitrogens with zero attached hydrogens (tertiary/aromatic N) is 1. The second kappa shape index (κ2) is 7.58. The molecule has 2 heterocycles. The van der Waals surface area contributed by atoms with E-state index in [2.05, 4.69) is 103 Å². The molecule has 0 radical (unpaired) electrons. The normalized spacial score (nSPS) is 13.0. The Morgan fingerprint density at radius 2 is 1.67 bits per heavy atom. The standard InChI is InChI=1S/C31H36NO/c1-18(2)13-21-9-10-24-19(3)27-29-28-23(11-12-32(29)8)14-22(17-31(5,6)7)16-26(28)33-30(27)20(4)25(24)15-21/h9-12,14-16,18H,13,17H2,1-8H3/q+1. The molecule has 33 heavy (non-hydrogen) atoms. The molecule has 170 valence electrons. The molecule has 4 aromatic rings. The maximum atomic E-state index is 6.79. The minimum atomic E-state index is 0.227. The summed E-state index contributed by atoms with van der Waals surface area (Å²) in [5.41, 5.74) is 8.00. The number of rotatable bonds is 3. The van der Waals surface area contributed by atoms with Crippen LogP contribution in [0.4, 0.5) is 0 Å². The van der Waals surface area contributed by atoms with Crippen molar-refractivity contribution in [2.45, 2.75) is 61.3 Å². The van der Waals surface area contributed by atoms with Crippen molar-refractivity contribution in [3.8, 4) is 22.8 Å². The van der Waals surface area contributed by atoms with Crippen molar-refractivity contribution >= 4 is 21.5 Å². The van der Waals surface area contributed by atoms with Crippen molar-refractivity contribution in [1.82, 2.24) is 0 Å². The van der Waals surface area contributed by atoms with Gasteiger partial charge in [-0.2, -0.15) is 0 Å². The molecule has 0 fully saturated rings. The highest BCUT2D eigenvalue weighted by molar-refractivity contribution is 6.06. The highest BCUT2D eigenvalue weighted by Gasteiger charge is 2.32. The first kappa shape index (κ1) is 21.9. The third-order valence-corrected chi connectivity index (χ3v) is 6.92. The van der Waals surface area contributed by atoms with E-state index in [1.54, 1.807) is 0 Å². The number of hydrogen-bond acceptors (Lipinski definition) is 1. The third-order valence-electron chi connectivity index (χ3n) is 6.92. The Bertz CT molecular complexity index is 1420. The fraction of sp³-hybridized carbons (Fsp3) is 0.387. The molecule has 2 heteroatoms. The van der Waals surface area contributed by atoms with Crippen LogP contribution in [0.2, 0.25) is 0 Å². The van der Waals surface area contributed by atoms with Crippen LogP contribution in [-0.2, 0) is 19.9 Å². The number of hydrogen-bond donors (Lipinski definition) is 0. The van der Waals surface area contributed by atoms with Gasteiger partial charge in [0.1, 0.15) is 18.5 Å². The van der Waals surface area contributed by atoms with Crippen LogP contribution in [0.1, 0.15) is 56.9 Å². The van der Waals surface area contributed by atoms with Crippen molar-refractivity contribution < 1.29 is 9.30 Å². The first-order valence-corrected chi connectivity index (χ1v) is 12.2. The van der Waals surface area contributed by atoms with E-state index in [0.717, 1.165) is 24.3 Å². The second-order valence-electron chi connectivity index (χ2n) is 11.6. The zero-order chi connectivity index (χ0) is 23.7. The molecular weight excluding hydrogens is 402 g/mol. The Labute approximate surface area is 198 Å². The predicted molar refractivity (Wildman–Crippen MR) is 139 cm³/mol. The van der Waals surface area contributed by atoms with Gasteiger partial charge in [0.25, 0.3) is 0 Å². The van der Waals surface area contributed by atoms with Gasteiger partial charge in [0.05, 0.1) is 10.9 Å². The number of benzene rings is 3. The Morgan fingerprint density at radius 1 is 0.909 bits per heavy atom. The van der Waals surface area contributed by atoms with Crippen LogP contribution in [-0.4, -0.2) is 0 Å². The van der Waals surface area contributed by atoms with Crippen molar-refractivity contribution in [3.63, 3.8) is 0 Å². The van der Waals surface area contributed by atoms with Crippen LogP contribution in [0, 0.1) is 25.2 Å². The van der Waals surface area contributed by atoms with Gasteiger partial charge in [0, 0.05) is 11.6 Å². The summed E-state index contributed by atoms with van der Waals surface area (Å²) in [5, 5.41) is 5.12. The summed E-state index contributed by atoms with van der Waals surface area (Å²) in [6.45, 7) is 15.9. The number of aromatic nitrogens is 1. The van der Waals surface area contributed by atoms with Gasteiger partial charge < -0.3 is 4.74 Å². The zero-order valence-electron chi connectivity index (χ0n) is 21.4. The van der Waals surface area contributed by atoms with Crippen LogP contribution < -0.4 is 9.30 Å². The first-order chi connectivity index (χ1) is 15.5. The van der Waals surface area contributed by atoms with Crippen molar-refractivity contribution in [3.05, 3.63) is 64.8 Å². The van der Waals surface area contributed by atoms with Gasteiger partial charge in [0.2, 0.25) is 5.69 Å². The van der Waals surface area contributed by atoms with E-state index in [9.17, 15) is 0 Å². The molecular formula is C31H36NO+. The summed E-state index contributed by atoms with van der Waals surface area (Å²) in [4.78, 5) is 0. The van der Waals surface area contributed by atoms with Crippen LogP contribution in [0.15, 0.2) is 42.6 Å². The topological polar surface area (TPSA) is 13.1 Å². The summed E-state index contributed by atoms with van der Waals surface area (Å²) in [6, 6.07) is 13.9. The summed E-state index contributed by atoms with van der Waals surface area (Å²) < 4.78 is 9.05. The van der Waals surface area contributed by atoms with E-state index < -0.39 is 0 Å². The molecule has 3 aromatic carbocycles. The van der Waals surface area contributed by atoms with E-state index in [1.807, 2.05) is 0 Å². The zero-order valence-corrected chi connectivity index (χ0v) is 21.4. The van der Waals surface area contributed by atoms with E-state index in [4.69, 9.17) is 4.74 Å². The Balaban J connectivity index is 1.81. The van der Waals surface area contributed by atoms with E-state index >= 15 is 0 Å². The summed E-state index contributed by atoms with van der Waals surface area (Å²) in [5.74, 6) is 2.65. The predicted octanol–water partition coefficient (Wildman–Crippen LogP) is 7.99. The monoisotopic (exact) mass is 438 g/mol. The molecule has 1 aromatic heterocycles. The van der Waals surface area contributed by atoms with Crippen LogP contribution >= 0.6 is 0 Å². The highest BCUT2D eigenvalue weighted by Crippen LogP contribution is 2.50. The minimum Gasteiger partial charge on any atom is -0.455 e. The summed E-state index contributed by atoms with van der Waals surface area (Å²) in [7, 11) is 2.15. The van der Waals surface area contributed by atoms with Gasteiger partial charge in [0.15, 0.2) is 6.20 Å². The molecule has 0 amide bonds. The minimum absolute atomic E-state index is 0.227.